The van der Waals surface area contributed by atoms with Crippen LogP contribution in [-0.4, -0.2) is 309 Å². The molecule has 7 aliphatic rings. The van der Waals surface area contributed by atoms with Crippen LogP contribution in [-0.2, 0) is 76.0 Å². The Bertz CT molecular complexity index is 3110. The van der Waals surface area contributed by atoms with Crippen molar-refractivity contribution >= 4 is 35.4 Å². The minimum Gasteiger partial charge on any atom is -0.479 e. The van der Waals surface area contributed by atoms with Crippen LogP contribution >= 0.6 is 0 Å². The van der Waals surface area contributed by atoms with Crippen molar-refractivity contribution in [1.82, 2.24) is 15.5 Å². The number of nitrogens with one attached hydrogen (secondary N) is 2. The number of amides is 1. The Morgan fingerprint density at radius 1 is 0.486 bits per heavy atom. The van der Waals surface area contributed by atoms with E-state index in [2.05, 4.69) is 10.6 Å². The number of benzene rings is 2. The molecule has 9 rings (SSSR count). The number of ketones is 2. The van der Waals surface area contributed by atoms with E-state index in [1.54, 1.807) is 74.3 Å². The third-order valence-corrected chi connectivity index (χ3v) is 21.9. The van der Waals surface area contributed by atoms with E-state index >= 15 is 0 Å². The summed E-state index contributed by atoms with van der Waals surface area (Å²) >= 11 is 0. The molecule has 0 aromatic heterocycles. The molecule has 2 aliphatic carbocycles. The van der Waals surface area contributed by atoms with Gasteiger partial charge in [0.2, 0.25) is 0 Å². The largest absolute Gasteiger partial charge is 0.479 e. The summed E-state index contributed by atoms with van der Waals surface area (Å²) in [6, 6.07) is 16.1. The van der Waals surface area contributed by atoms with Gasteiger partial charge in [-0.3, -0.25) is 14.4 Å². The molecule has 5 heterocycles. The van der Waals surface area contributed by atoms with Crippen molar-refractivity contribution in [3.63, 3.8) is 0 Å². The number of likely N-dealkylation sites (tertiary alicyclic amines) is 1. The summed E-state index contributed by atoms with van der Waals surface area (Å²) in [7, 11) is 3.61. The lowest BCUT2D eigenvalue weighted by molar-refractivity contribution is -0.349. The molecule has 616 valence electrons. The molecule has 32 heteroatoms. The molecule has 12 unspecified atom stereocenters. The number of carbonyl (C=O) groups excluding carboxylic acids is 5. The highest BCUT2D eigenvalue weighted by molar-refractivity contribution is 5.90. The summed E-state index contributed by atoms with van der Waals surface area (Å²) in [5.41, 5.74) is 0.337. The van der Waals surface area contributed by atoms with E-state index in [1.165, 1.54) is 19.1 Å². The topological polar surface area (TPSA) is 463 Å². The van der Waals surface area contributed by atoms with E-state index in [-0.39, 0.29) is 59.7 Å². The molecule has 0 radical (unpaired) electrons. The van der Waals surface area contributed by atoms with Gasteiger partial charge in [0, 0.05) is 37.8 Å². The fourth-order valence-electron chi connectivity index (χ4n) is 15.3. The molecule has 1 amide bonds. The number of ether oxygens (including phenoxy) is 12. The molecule has 13 N–H and O–H groups in total. The van der Waals surface area contributed by atoms with Crippen molar-refractivity contribution in [2.24, 2.45) is 23.7 Å². The second kappa shape index (κ2) is 43.3. The lowest BCUT2D eigenvalue weighted by atomic mass is 9.74. The molecule has 32 nitrogen and oxygen atoms in total. The molecule has 2 saturated carbocycles. The minimum atomic E-state index is -1.66. The number of carboxylic acids is 1. The molecule has 2 aromatic carbocycles. The summed E-state index contributed by atoms with van der Waals surface area (Å²) < 4.78 is 74.4. The van der Waals surface area contributed by atoms with Gasteiger partial charge >= 0.3 is 17.9 Å². The second-order valence-electron chi connectivity index (χ2n) is 29.6. The van der Waals surface area contributed by atoms with E-state index in [0.717, 1.165) is 6.42 Å². The van der Waals surface area contributed by atoms with Crippen molar-refractivity contribution in [1.29, 1.82) is 0 Å². The number of nitrogens with zero attached hydrogens (tertiary/aromatic N) is 1. The van der Waals surface area contributed by atoms with Crippen LogP contribution in [0.3, 0.4) is 0 Å². The zero-order valence-electron chi connectivity index (χ0n) is 63.7. The molecular formula is C77H119N3O29. The van der Waals surface area contributed by atoms with Gasteiger partial charge in [0.15, 0.2) is 43.5 Å². The van der Waals surface area contributed by atoms with Crippen molar-refractivity contribution < 1.29 is 142 Å². The Morgan fingerprint density at radius 3 is 1.23 bits per heavy atom. The summed E-state index contributed by atoms with van der Waals surface area (Å²) in [6.45, 7) is 11.6. The summed E-state index contributed by atoms with van der Waals surface area (Å²) in [5, 5.41) is 123. The average molecular weight is 1550 g/mol. The molecule has 5 saturated heterocycles. The van der Waals surface area contributed by atoms with Crippen molar-refractivity contribution in [2.75, 3.05) is 53.5 Å². The van der Waals surface area contributed by atoms with Crippen molar-refractivity contribution in [3.8, 4) is 0 Å². The smallest absolute Gasteiger partial charge is 0.338 e. The van der Waals surface area contributed by atoms with Crippen LogP contribution in [0.2, 0.25) is 0 Å². The van der Waals surface area contributed by atoms with E-state index in [1.807, 2.05) is 27.8 Å². The summed E-state index contributed by atoms with van der Waals surface area (Å²) in [5.74, 6) is -4.82. The first-order chi connectivity index (χ1) is 52.3. The monoisotopic (exact) mass is 1550 g/mol. The zero-order valence-corrected chi connectivity index (χ0v) is 63.7. The predicted octanol–water partition coefficient (Wildman–Crippen LogP) is 1.21. The zero-order chi connectivity index (χ0) is 79.3. The van der Waals surface area contributed by atoms with E-state index < -0.39 is 202 Å². The van der Waals surface area contributed by atoms with E-state index in [9.17, 15) is 84.9 Å². The number of carbonyl (C=O) groups is 6. The first-order valence-corrected chi connectivity index (χ1v) is 38.9. The maximum atomic E-state index is 13.7. The fourth-order valence-corrected chi connectivity index (χ4v) is 15.3. The van der Waals surface area contributed by atoms with Crippen molar-refractivity contribution in [2.45, 2.75) is 297 Å². The predicted molar refractivity (Wildman–Crippen MR) is 384 cm³/mol. The number of aliphatic hydroxyl groups excluding tert-OH is 10. The Balaban J connectivity index is 0.000000275. The maximum Gasteiger partial charge on any atom is 0.338 e. The number of aliphatic hydroxyl groups is 10. The maximum absolute atomic E-state index is 13.7. The summed E-state index contributed by atoms with van der Waals surface area (Å²) in [6.07, 6.45) is -28.7. The molecular weight excluding hydrogens is 1430 g/mol. The van der Waals surface area contributed by atoms with Gasteiger partial charge in [0.1, 0.15) is 90.9 Å². The molecule has 0 bridgehead atoms. The van der Waals surface area contributed by atoms with Crippen LogP contribution in [0.25, 0.3) is 0 Å². The van der Waals surface area contributed by atoms with Gasteiger partial charge in [-0.1, -0.05) is 89.8 Å². The highest BCUT2D eigenvalue weighted by Gasteiger charge is 2.57. The van der Waals surface area contributed by atoms with Crippen LogP contribution < -0.4 is 10.6 Å². The number of rotatable bonds is 36. The molecule has 5 aliphatic heterocycles. The normalized spacial score (nSPS) is 36.7. The number of carboxylic acid groups (broad SMARTS) is 1. The number of esters is 2. The number of hydrogen-bond donors (Lipinski definition) is 13. The SMILES string of the molecule is CCC[C@H](OC1C(OC(=O)c2ccccc2)[C@H](O[C@@H]2CC(C(=O)CCCNC)CC(CC)[C@H]2O[C@@H]2OC(C)[C@@H](O)[C@H](O)C2O)O[C@@H](CO)[C@@H]1O)C(=O)N1CCC1.CCC[C@H](OC1C(OC(=O)c2ccccc2)[C@H](O[C@@H]2CC(C(=O)CCCNC)CC(CC)[C@H]2O[C@@H]2OC(C)[C@@H](O)[C@H](O)C2O)O[C@@H](CO)[C@@H]1O)C(=O)O. The third kappa shape index (κ3) is 23.1. The number of Topliss-reactive ketones (excluding diaryl/α,β-unsaturated/α-hetero) is 2. The lowest BCUT2D eigenvalue weighted by Gasteiger charge is -2.49. The highest BCUT2D eigenvalue weighted by Crippen LogP contribution is 2.44. The molecule has 0 spiro atoms. The van der Waals surface area contributed by atoms with Gasteiger partial charge in [-0.15, -0.1) is 0 Å². The average Bonchev–Trinajstić information content (AvgIpc) is 0.776. The van der Waals surface area contributed by atoms with Gasteiger partial charge < -0.3 is 129 Å². The Kier molecular flexibility index (Phi) is 35.5. The van der Waals surface area contributed by atoms with Gasteiger partial charge in [-0.25, -0.2) is 14.4 Å². The standard InChI is InChI=1S/C40H62N2O14.C37H57NO15/c1-5-12-27(37(49)42-17-11-18-42)52-35-31(46)29(21-43)54-40(36(35)55-38(50)24-13-8-7-9-14-24)53-28-20-25(26(44)15-10-16-41-4)19-23(6-2)34(28)56-39-33(48)32(47)30(45)22(3)51-39;1-5-11-24(34(45)46)49-32-28(42)26(18-39)51-37(33(32)52-35(47)21-12-8-7-9-13-21)50-25-17-22(23(40)14-10-15-38-4)16-20(6-2)31(25)53-36-30(44)29(43)27(41)19(3)48-36/h7-9,13-14,22-23,25,27-36,39-41,43,45-48H,5-6,10-12,15-21H2,1-4H3;7-9,12-13,19-20,22,24-33,36-39,41-44H,5-6,10-11,14-18H2,1-4H3,(H,45,46)/t22?,23?,25?,27-,28+,29-,30+,31-,32-,33?,34+,35?,36?,39-,40+;19?,20?,22?,24-,25+,26-,27+,28-,29-,30?,31+,32?,33?,36-,37+/m00/s1. The Hall–Kier alpha value is -5.22. The first-order valence-electron chi connectivity index (χ1n) is 38.9. The Labute approximate surface area is 636 Å². The van der Waals surface area contributed by atoms with Crippen LogP contribution in [0.4, 0.5) is 0 Å². The third-order valence-electron chi connectivity index (χ3n) is 21.9. The summed E-state index contributed by atoms with van der Waals surface area (Å²) in [4.78, 5) is 81.9. The van der Waals surface area contributed by atoms with Crippen molar-refractivity contribution in [3.05, 3.63) is 71.8 Å². The van der Waals surface area contributed by atoms with Crippen LogP contribution in [0.5, 0.6) is 0 Å². The highest BCUT2D eigenvalue weighted by atomic mass is 16.8. The van der Waals surface area contributed by atoms with Crippen LogP contribution in [0, 0.1) is 23.7 Å². The molecule has 7 fully saturated rings. The lowest BCUT2D eigenvalue weighted by Crippen LogP contribution is -2.64. The first kappa shape index (κ1) is 89.3. The van der Waals surface area contributed by atoms with Crippen LogP contribution in [0.1, 0.15) is 159 Å². The molecule has 30 atom stereocenters. The molecule has 109 heavy (non-hydrogen) atoms. The minimum absolute atomic E-state index is 0.00258. The van der Waals surface area contributed by atoms with E-state index in [0.29, 0.717) is 96.8 Å². The van der Waals surface area contributed by atoms with Gasteiger partial charge in [-0.05, 0) is 135 Å². The molecule has 2 aromatic rings. The van der Waals surface area contributed by atoms with Gasteiger partial charge in [0.05, 0.1) is 61.0 Å². The van der Waals surface area contributed by atoms with Gasteiger partial charge in [-0.2, -0.15) is 0 Å². The number of aliphatic carboxylic acids is 1. The van der Waals surface area contributed by atoms with E-state index in [4.69, 9.17) is 56.8 Å². The fraction of sp³-hybridized carbons (Fsp3) is 0.766. The van der Waals surface area contributed by atoms with Crippen LogP contribution in [0.15, 0.2) is 60.7 Å². The second-order valence-corrected chi connectivity index (χ2v) is 29.6. The van der Waals surface area contributed by atoms with Gasteiger partial charge in [0.25, 0.3) is 5.91 Å². The Morgan fingerprint density at radius 2 is 0.881 bits per heavy atom. The quantitative estimate of drug-likeness (QED) is 0.0337. The number of hydrogen-bond acceptors (Lipinski definition) is 30.